The first-order valence-corrected chi connectivity index (χ1v) is 7.61. The van der Waals surface area contributed by atoms with Crippen LogP contribution in [0.5, 0.6) is 0 Å². The summed E-state index contributed by atoms with van der Waals surface area (Å²) in [7, 11) is 0. The highest BCUT2D eigenvalue weighted by Crippen LogP contribution is 2.40. The summed E-state index contributed by atoms with van der Waals surface area (Å²) >= 11 is 6.03. The van der Waals surface area contributed by atoms with E-state index in [-0.39, 0.29) is 0 Å². The van der Waals surface area contributed by atoms with Crippen molar-refractivity contribution in [2.45, 2.75) is 31.4 Å². The Kier molecular flexibility index (Phi) is 3.04. The van der Waals surface area contributed by atoms with E-state index in [0.29, 0.717) is 12.1 Å². The minimum Gasteiger partial charge on any atom is -0.379 e. The van der Waals surface area contributed by atoms with Crippen LogP contribution in [0.15, 0.2) is 30.5 Å². The molecule has 20 heavy (non-hydrogen) atoms. The maximum absolute atomic E-state index is 6.03. The number of nitrogens with zero attached hydrogens (tertiary/aromatic N) is 1. The van der Waals surface area contributed by atoms with Gasteiger partial charge in [-0.25, -0.2) is 0 Å². The third-order valence-corrected chi connectivity index (χ3v) is 4.50. The van der Waals surface area contributed by atoms with Gasteiger partial charge in [0.1, 0.15) is 0 Å². The summed E-state index contributed by atoms with van der Waals surface area (Å²) in [5.41, 5.74) is 2.07. The minimum absolute atomic E-state index is 0.380. The second kappa shape index (κ2) is 4.90. The van der Waals surface area contributed by atoms with Crippen molar-refractivity contribution < 1.29 is 4.74 Å². The molecule has 2 unspecified atom stereocenters. The number of pyridine rings is 1. The Balaban J connectivity index is 1.65. The van der Waals surface area contributed by atoms with Crippen LogP contribution in [0, 0.1) is 5.92 Å². The molecule has 0 spiro atoms. The maximum Gasteiger partial charge on any atom is 0.0804 e. The van der Waals surface area contributed by atoms with Gasteiger partial charge in [0.15, 0.2) is 0 Å². The lowest BCUT2D eigenvalue weighted by molar-refractivity contribution is 0.0899. The van der Waals surface area contributed by atoms with Crippen molar-refractivity contribution in [1.82, 2.24) is 4.98 Å². The zero-order valence-corrected chi connectivity index (χ0v) is 11.9. The quantitative estimate of drug-likeness (QED) is 0.931. The molecular weight excluding hydrogens is 272 g/mol. The van der Waals surface area contributed by atoms with Crippen LogP contribution < -0.4 is 5.32 Å². The number of ether oxygens (including phenoxy) is 1. The van der Waals surface area contributed by atoms with Crippen LogP contribution >= 0.6 is 11.6 Å². The van der Waals surface area contributed by atoms with E-state index < -0.39 is 0 Å². The third-order valence-electron chi connectivity index (χ3n) is 4.27. The van der Waals surface area contributed by atoms with Gasteiger partial charge >= 0.3 is 0 Å². The van der Waals surface area contributed by atoms with Crippen LogP contribution in [-0.2, 0) is 4.74 Å². The van der Waals surface area contributed by atoms with E-state index in [1.165, 1.54) is 12.8 Å². The molecule has 2 heterocycles. The van der Waals surface area contributed by atoms with E-state index in [0.717, 1.165) is 40.6 Å². The Labute approximate surface area is 123 Å². The minimum atomic E-state index is 0.380. The van der Waals surface area contributed by atoms with Gasteiger partial charge in [-0.2, -0.15) is 0 Å². The highest BCUT2D eigenvalue weighted by Gasteiger charge is 2.40. The molecule has 1 saturated carbocycles. The average Bonchev–Trinajstić information content (AvgIpc) is 3.19. The predicted molar refractivity (Wildman–Crippen MR) is 81.2 cm³/mol. The Morgan fingerprint density at radius 1 is 1.20 bits per heavy atom. The summed E-state index contributed by atoms with van der Waals surface area (Å²) in [5, 5.41) is 5.51. The number of nitrogens with one attached hydrogen (secondary N) is 1. The van der Waals surface area contributed by atoms with Gasteiger partial charge in [0.05, 0.1) is 17.7 Å². The van der Waals surface area contributed by atoms with Crippen LogP contribution in [0.1, 0.15) is 19.3 Å². The van der Waals surface area contributed by atoms with E-state index in [9.17, 15) is 0 Å². The molecule has 1 aliphatic carbocycles. The average molecular weight is 289 g/mol. The first-order valence-electron chi connectivity index (χ1n) is 7.24. The largest absolute Gasteiger partial charge is 0.379 e. The fraction of sp³-hybridized carbons (Fsp3) is 0.438. The van der Waals surface area contributed by atoms with Crippen LogP contribution in [0.25, 0.3) is 10.9 Å². The fourth-order valence-corrected chi connectivity index (χ4v) is 3.27. The van der Waals surface area contributed by atoms with Crippen molar-refractivity contribution in [2.24, 2.45) is 5.92 Å². The van der Waals surface area contributed by atoms with E-state index >= 15 is 0 Å². The summed E-state index contributed by atoms with van der Waals surface area (Å²) in [6.07, 6.45) is 5.93. The molecule has 1 N–H and O–H groups in total. The monoisotopic (exact) mass is 288 g/mol. The molecule has 0 radical (unpaired) electrons. The van der Waals surface area contributed by atoms with Gasteiger partial charge in [0.2, 0.25) is 0 Å². The number of anilines is 1. The molecule has 104 valence electrons. The van der Waals surface area contributed by atoms with Gasteiger partial charge < -0.3 is 10.1 Å². The van der Waals surface area contributed by atoms with Gasteiger partial charge in [0.25, 0.3) is 0 Å². The van der Waals surface area contributed by atoms with Crippen LogP contribution in [0.2, 0.25) is 5.02 Å². The standard InChI is InChI=1S/C16H17ClN2O/c17-11-3-4-12-13(5-7-18-15(12)9-11)19-14-6-8-20-16(14)10-1-2-10/h3-5,7,9-10,14,16H,1-2,6,8H2,(H,18,19). The van der Waals surface area contributed by atoms with Crippen LogP contribution in [0.4, 0.5) is 5.69 Å². The molecule has 2 fully saturated rings. The summed E-state index contributed by atoms with van der Waals surface area (Å²) in [6, 6.07) is 8.32. The smallest absolute Gasteiger partial charge is 0.0804 e. The van der Waals surface area contributed by atoms with E-state index in [1.54, 1.807) is 0 Å². The molecule has 4 rings (SSSR count). The number of halogens is 1. The van der Waals surface area contributed by atoms with Crippen molar-refractivity contribution in [2.75, 3.05) is 11.9 Å². The predicted octanol–water partition coefficient (Wildman–Crippen LogP) is 3.87. The molecule has 2 aromatic rings. The number of fused-ring (bicyclic) bond motifs is 1. The van der Waals surface area contributed by atoms with Crippen molar-refractivity contribution in [3.63, 3.8) is 0 Å². The molecular formula is C16H17ClN2O. The summed E-state index contributed by atoms with van der Waals surface area (Å²) < 4.78 is 5.89. The van der Waals surface area contributed by atoms with Crippen molar-refractivity contribution in [3.05, 3.63) is 35.5 Å². The number of hydrogen-bond donors (Lipinski definition) is 1. The summed E-state index contributed by atoms with van der Waals surface area (Å²) in [6.45, 7) is 0.869. The molecule has 2 atom stereocenters. The van der Waals surface area contributed by atoms with Gasteiger partial charge in [-0.3, -0.25) is 4.98 Å². The number of benzene rings is 1. The summed E-state index contributed by atoms with van der Waals surface area (Å²) in [4.78, 5) is 4.39. The van der Waals surface area contributed by atoms with Gasteiger partial charge in [0, 0.05) is 28.9 Å². The lowest BCUT2D eigenvalue weighted by Crippen LogP contribution is -2.31. The van der Waals surface area contributed by atoms with Crippen molar-refractivity contribution in [3.8, 4) is 0 Å². The SMILES string of the molecule is Clc1ccc2c(NC3CCOC3C3CC3)ccnc2c1. The lowest BCUT2D eigenvalue weighted by Gasteiger charge is -2.21. The van der Waals surface area contributed by atoms with E-state index in [4.69, 9.17) is 16.3 Å². The van der Waals surface area contributed by atoms with Crippen LogP contribution in [0.3, 0.4) is 0 Å². The molecule has 1 aliphatic heterocycles. The molecule has 0 amide bonds. The van der Waals surface area contributed by atoms with Gasteiger partial charge in [-0.1, -0.05) is 11.6 Å². The Bertz CT molecular complexity index is 641. The first kappa shape index (κ1) is 12.4. The topological polar surface area (TPSA) is 34.1 Å². The Hall–Kier alpha value is -1.32. The van der Waals surface area contributed by atoms with Crippen molar-refractivity contribution >= 4 is 28.2 Å². The van der Waals surface area contributed by atoms with E-state index in [1.807, 2.05) is 30.5 Å². The molecule has 0 bridgehead atoms. The highest BCUT2D eigenvalue weighted by molar-refractivity contribution is 6.31. The van der Waals surface area contributed by atoms with Crippen LogP contribution in [-0.4, -0.2) is 23.7 Å². The second-order valence-corrected chi connectivity index (χ2v) is 6.17. The number of aromatic nitrogens is 1. The van der Waals surface area contributed by atoms with Gasteiger partial charge in [-0.05, 0) is 49.4 Å². The first-order chi connectivity index (χ1) is 9.81. The van der Waals surface area contributed by atoms with Crippen molar-refractivity contribution in [1.29, 1.82) is 0 Å². The maximum atomic E-state index is 6.03. The molecule has 4 heteroatoms. The highest BCUT2D eigenvalue weighted by atomic mass is 35.5. The molecule has 2 aliphatic rings. The normalized spacial score (nSPS) is 26.1. The second-order valence-electron chi connectivity index (χ2n) is 5.73. The molecule has 1 saturated heterocycles. The number of rotatable bonds is 3. The Morgan fingerprint density at radius 2 is 2.10 bits per heavy atom. The lowest BCUT2D eigenvalue weighted by atomic mass is 10.1. The fourth-order valence-electron chi connectivity index (χ4n) is 3.10. The van der Waals surface area contributed by atoms with Gasteiger partial charge in [-0.15, -0.1) is 0 Å². The third kappa shape index (κ3) is 2.25. The Morgan fingerprint density at radius 3 is 2.95 bits per heavy atom. The summed E-state index contributed by atoms with van der Waals surface area (Å²) in [5.74, 6) is 0.762. The molecule has 3 nitrogen and oxygen atoms in total. The molecule has 1 aromatic heterocycles. The number of hydrogen-bond acceptors (Lipinski definition) is 3. The molecule has 1 aromatic carbocycles. The van der Waals surface area contributed by atoms with E-state index in [2.05, 4.69) is 10.3 Å². The zero-order valence-electron chi connectivity index (χ0n) is 11.2. The zero-order chi connectivity index (χ0) is 13.5.